The molecule has 122 valence electrons. The fourth-order valence-electron chi connectivity index (χ4n) is 2.83. The lowest BCUT2D eigenvalue weighted by atomic mass is 9.75. The van der Waals surface area contributed by atoms with E-state index >= 15 is 0 Å². The van der Waals surface area contributed by atoms with Gasteiger partial charge in [0, 0.05) is 13.1 Å². The third-order valence-electron chi connectivity index (χ3n) is 4.37. The molecule has 4 heteroatoms. The van der Waals surface area contributed by atoms with Crippen LogP contribution in [0.2, 0.25) is 0 Å². The molecule has 0 aliphatic rings. The van der Waals surface area contributed by atoms with Crippen LogP contribution in [-0.2, 0) is 10.2 Å². The van der Waals surface area contributed by atoms with E-state index in [0.29, 0.717) is 13.1 Å². The molecule has 0 atom stereocenters. The molecule has 2 aromatic rings. The van der Waals surface area contributed by atoms with E-state index in [2.05, 4.69) is 0 Å². The van der Waals surface area contributed by atoms with Crippen LogP contribution in [0, 0.1) is 0 Å². The van der Waals surface area contributed by atoms with E-state index in [9.17, 15) is 15.0 Å². The smallest absolute Gasteiger partial charge is 0.237 e. The highest BCUT2D eigenvalue weighted by atomic mass is 16.3. The Morgan fingerprint density at radius 2 is 1.22 bits per heavy atom. The van der Waals surface area contributed by atoms with Gasteiger partial charge in [0.15, 0.2) is 0 Å². The van der Waals surface area contributed by atoms with E-state index < -0.39 is 5.41 Å². The van der Waals surface area contributed by atoms with E-state index in [1.165, 1.54) is 0 Å². The fourth-order valence-corrected chi connectivity index (χ4v) is 2.83. The average molecular weight is 313 g/mol. The number of likely N-dealkylation sites (N-methyl/N-ethyl adjacent to an activating group) is 1. The van der Waals surface area contributed by atoms with Crippen molar-refractivity contribution in [2.24, 2.45) is 0 Å². The van der Waals surface area contributed by atoms with Crippen molar-refractivity contribution in [1.82, 2.24) is 4.90 Å². The molecule has 0 aromatic heterocycles. The van der Waals surface area contributed by atoms with Crippen LogP contribution >= 0.6 is 0 Å². The quantitative estimate of drug-likeness (QED) is 0.890. The van der Waals surface area contributed by atoms with Gasteiger partial charge in [0.2, 0.25) is 5.91 Å². The minimum Gasteiger partial charge on any atom is -0.508 e. The zero-order chi connectivity index (χ0) is 17.0. The highest BCUT2D eigenvalue weighted by molar-refractivity contribution is 5.91. The second-order valence-electron chi connectivity index (χ2n) is 5.70. The van der Waals surface area contributed by atoms with Gasteiger partial charge in [-0.3, -0.25) is 4.79 Å². The lowest BCUT2D eigenvalue weighted by Gasteiger charge is -2.34. The first-order chi connectivity index (χ1) is 10.9. The van der Waals surface area contributed by atoms with Crippen molar-refractivity contribution < 1.29 is 15.0 Å². The molecule has 0 unspecified atom stereocenters. The number of amides is 1. The highest BCUT2D eigenvalue weighted by Crippen LogP contribution is 2.35. The summed E-state index contributed by atoms with van der Waals surface area (Å²) in [6.07, 6.45) is 0. The SMILES string of the molecule is CCN(CC)C(=O)C(C)(c1ccc(O)cc1)c1ccc(O)cc1. The lowest BCUT2D eigenvalue weighted by molar-refractivity contribution is -0.135. The van der Waals surface area contributed by atoms with E-state index in [0.717, 1.165) is 11.1 Å². The molecule has 2 rings (SSSR count). The number of hydrogen-bond donors (Lipinski definition) is 2. The Morgan fingerprint density at radius 1 is 0.870 bits per heavy atom. The molecule has 0 aliphatic heterocycles. The second-order valence-corrected chi connectivity index (χ2v) is 5.70. The molecular weight excluding hydrogens is 290 g/mol. The van der Waals surface area contributed by atoms with Crippen molar-refractivity contribution in [1.29, 1.82) is 0 Å². The van der Waals surface area contributed by atoms with Crippen molar-refractivity contribution in [3.05, 3.63) is 59.7 Å². The van der Waals surface area contributed by atoms with Crippen LogP contribution in [0.25, 0.3) is 0 Å². The molecule has 0 bridgehead atoms. The third kappa shape index (κ3) is 3.16. The highest BCUT2D eigenvalue weighted by Gasteiger charge is 2.39. The number of carbonyl (C=O) groups is 1. The maximum Gasteiger partial charge on any atom is 0.237 e. The summed E-state index contributed by atoms with van der Waals surface area (Å²) < 4.78 is 0. The Bertz CT molecular complexity index is 613. The maximum absolute atomic E-state index is 13.2. The summed E-state index contributed by atoms with van der Waals surface area (Å²) >= 11 is 0. The summed E-state index contributed by atoms with van der Waals surface area (Å²) in [5, 5.41) is 19.1. The van der Waals surface area contributed by atoms with Crippen molar-refractivity contribution in [3.8, 4) is 11.5 Å². The summed E-state index contributed by atoms with van der Waals surface area (Å²) in [5.74, 6) is 0.327. The normalized spacial score (nSPS) is 11.3. The van der Waals surface area contributed by atoms with Crippen molar-refractivity contribution in [2.75, 3.05) is 13.1 Å². The van der Waals surface area contributed by atoms with E-state index in [-0.39, 0.29) is 17.4 Å². The van der Waals surface area contributed by atoms with Gasteiger partial charge in [0.05, 0.1) is 5.41 Å². The standard InChI is InChI=1S/C19H23NO3/c1-4-20(5-2)18(23)19(3,14-6-10-16(21)11-7-14)15-8-12-17(22)13-9-15/h6-13,21-22H,4-5H2,1-3H3. The summed E-state index contributed by atoms with van der Waals surface area (Å²) in [7, 11) is 0. The van der Waals surface area contributed by atoms with E-state index in [1.807, 2.05) is 20.8 Å². The number of benzene rings is 2. The Balaban J connectivity index is 2.60. The zero-order valence-corrected chi connectivity index (χ0v) is 13.8. The molecule has 0 saturated heterocycles. The number of phenolic OH excluding ortho intramolecular Hbond substituents is 2. The predicted octanol–water partition coefficient (Wildman–Crippen LogP) is 3.27. The zero-order valence-electron chi connectivity index (χ0n) is 13.8. The van der Waals surface area contributed by atoms with Crippen LogP contribution in [0.3, 0.4) is 0 Å². The van der Waals surface area contributed by atoms with Gasteiger partial charge in [0.25, 0.3) is 0 Å². The van der Waals surface area contributed by atoms with Crippen LogP contribution in [0.1, 0.15) is 31.9 Å². The van der Waals surface area contributed by atoms with Gasteiger partial charge in [-0.2, -0.15) is 0 Å². The molecule has 0 radical (unpaired) electrons. The molecule has 4 nitrogen and oxygen atoms in total. The molecule has 0 fully saturated rings. The minimum absolute atomic E-state index is 0.00104. The second kappa shape index (κ2) is 6.73. The first kappa shape index (κ1) is 16.9. The van der Waals surface area contributed by atoms with Gasteiger partial charge >= 0.3 is 0 Å². The largest absolute Gasteiger partial charge is 0.508 e. The fraction of sp³-hybridized carbons (Fsp3) is 0.316. The van der Waals surface area contributed by atoms with E-state index in [1.54, 1.807) is 53.4 Å². The summed E-state index contributed by atoms with van der Waals surface area (Å²) in [5.41, 5.74) is 0.726. The molecule has 23 heavy (non-hydrogen) atoms. The van der Waals surface area contributed by atoms with Crippen LogP contribution in [0.15, 0.2) is 48.5 Å². The van der Waals surface area contributed by atoms with Gasteiger partial charge in [0.1, 0.15) is 11.5 Å². The first-order valence-corrected chi connectivity index (χ1v) is 7.81. The molecule has 2 N–H and O–H groups in total. The topological polar surface area (TPSA) is 60.8 Å². The van der Waals surface area contributed by atoms with Gasteiger partial charge in [-0.1, -0.05) is 24.3 Å². The van der Waals surface area contributed by atoms with Crippen molar-refractivity contribution in [2.45, 2.75) is 26.2 Å². The summed E-state index contributed by atoms with van der Waals surface area (Å²) in [6.45, 7) is 7.04. The van der Waals surface area contributed by atoms with Crippen LogP contribution < -0.4 is 0 Å². The molecule has 0 saturated carbocycles. The van der Waals surface area contributed by atoms with Crippen molar-refractivity contribution >= 4 is 5.91 Å². The van der Waals surface area contributed by atoms with Gasteiger partial charge in [-0.05, 0) is 56.2 Å². The Hall–Kier alpha value is -2.49. The predicted molar refractivity (Wildman–Crippen MR) is 90.6 cm³/mol. The van der Waals surface area contributed by atoms with Crippen LogP contribution in [0.4, 0.5) is 0 Å². The van der Waals surface area contributed by atoms with Crippen LogP contribution in [0.5, 0.6) is 11.5 Å². The number of carbonyl (C=O) groups excluding carboxylic acids is 1. The number of hydrogen-bond acceptors (Lipinski definition) is 3. The molecule has 0 spiro atoms. The van der Waals surface area contributed by atoms with E-state index in [4.69, 9.17) is 0 Å². The number of rotatable bonds is 5. The molecule has 1 amide bonds. The minimum atomic E-state index is -0.882. The Kier molecular flexibility index (Phi) is 4.94. The summed E-state index contributed by atoms with van der Waals surface area (Å²) in [6, 6.07) is 13.4. The number of nitrogens with zero attached hydrogens (tertiary/aromatic N) is 1. The Labute approximate surface area is 137 Å². The van der Waals surface area contributed by atoms with Gasteiger partial charge < -0.3 is 15.1 Å². The number of phenols is 2. The number of aromatic hydroxyl groups is 2. The molecule has 0 aliphatic carbocycles. The first-order valence-electron chi connectivity index (χ1n) is 7.81. The summed E-state index contributed by atoms with van der Waals surface area (Å²) in [4.78, 5) is 15.0. The molecule has 0 heterocycles. The van der Waals surface area contributed by atoms with Gasteiger partial charge in [-0.15, -0.1) is 0 Å². The maximum atomic E-state index is 13.2. The average Bonchev–Trinajstić information content (AvgIpc) is 2.56. The van der Waals surface area contributed by atoms with Crippen molar-refractivity contribution in [3.63, 3.8) is 0 Å². The molecule has 2 aromatic carbocycles. The Morgan fingerprint density at radius 3 is 1.52 bits per heavy atom. The third-order valence-corrected chi connectivity index (χ3v) is 4.37. The van der Waals surface area contributed by atoms with Gasteiger partial charge in [-0.25, -0.2) is 0 Å². The lowest BCUT2D eigenvalue weighted by Crippen LogP contribution is -2.45. The monoisotopic (exact) mass is 313 g/mol. The molecular formula is C19H23NO3. The van der Waals surface area contributed by atoms with Crippen LogP contribution in [-0.4, -0.2) is 34.1 Å².